The fourth-order valence-electron chi connectivity index (χ4n) is 2.91. The van der Waals surface area contributed by atoms with Crippen LogP contribution in [0.5, 0.6) is 5.75 Å². The number of hydrogen-bond donors (Lipinski definition) is 2. The summed E-state index contributed by atoms with van der Waals surface area (Å²) >= 11 is 0. The van der Waals surface area contributed by atoms with Gasteiger partial charge in [-0.25, -0.2) is 4.68 Å². The molecule has 1 aliphatic rings. The predicted octanol–water partition coefficient (Wildman–Crippen LogP) is 2.08. The molecule has 1 atom stereocenters. The molecule has 1 amide bonds. The van der Waals surface area contributed by atoms with E-state index >= 15 is 0 Å². The Hall–Kier alpha value is -3.09. The number of H-pyrrole nitrogens is 1. The summed E-state index contributed by atoms with van der Waals surface area (Å²) in [5, 5.41) is 14.1. The van der Waals surface area contributed by atoms with E-state index in [0.29, 0.717) is 12.2 Å². The molecule has 3 aromatic rings. The number of nitrogens with zero attached hydrogens (tertiary/aromatic N) is 3. The molecular weight excluding hydrogens is 294 g/mol. The summed E-state index contributed by atoms with van der Waals surface area (Å²) < 4.78 is 7.14. The molecule has 1 aromatic carbocycles. The maximum absolute atomic E-state index is 11.9. The average Bonchev–Trinajstić information content (AvgIpc) is 3.23. The van der Waals surface area contributed by atoms with E-state index in [2.05, 4.69) is 20.6 Å². The molecule has 0 spiro atoms. The highest BCUT2D eigenvalue weighted by molar-refractivity contribution is 5.94. The van der Waals surface area contributed by atoms with Crippen LogP contribution < -0.4 is 10.1 Å². The van der Waals surface area contributed by atoms with E-state index < -0.39 is 0 Å². The fraction of sp³-hybridized carbons (Fsp3) is 0.188. The molecule has 0 radical (unpaired) electrons. The van der Waals surface area contributed by atoms with E-state index in [0.717, 1.165) is 22.6 Å². The Morgan fingerprint density at radius 2 is 2.17 bits per heavy atom. The van der Waals surface area contributed by atoms with Crippen LogP contribution in [0.2, 0.25) is 0 Å². The number of carbonyl (C=O) groups is 1. The largest absolute Gasteiger partial charge is 0.494 e. The topological polar surface area (TPSA) is 84.8 Å². The summed E-state index contributed by atoms with van der Waals surface area (Å²) in [5.74, 6) is 1.32. The number of fused-ring (bicyclic) bond motifs is 1. The van der Waals surface area contributed by atoms with E-state index in [4.69, 9.17) is 4.74 Å². The lowest BCUT2D eigenvalue weighted by molar-refractivity contribution is -0.116. The van der Waals surface area contributed by atoms with Gasteiger partial charge in [-0.2, -0.15) is 10.2 Å². The van der Waals surface area contributed by atoms with E-state index in [-0.39, 0.29) is 11.8 Å². The van der Waals surface area contributed by atoms with Gasteiger partial charge in [0.1, 0.15) is 17.3 Å². The third-order valence-corrected chi connectivity index (χ3v) is 4.03. The molecule has 1 aliphatic heterocycles. The zero-order chi connectivity index (χ0) is 15.8. The number of para-hydroxylation sites is 2. The van der Waals surface area contributed by atoms with Gasteiger partial charge in [0, 0.05) is 24.1 Å². The Morgan fingerprint density at radius 3 is 3.04 bits per heavy atom. The average molecular weight is 309 g/mol. The van der Waals surface area contributed by atoms with Crippen LogP contribution in [0.25, 0.3) is 5.69 Å². The minimum Gasteiger partial charge on any atom is -0.494 e. The molecule has 4 rings (SSSR count). The molecule has 2 N–H and O–H groups in total. The van der Waals surface area contributed by atoms with Gasteiger partial charge in [0.25, 0.3) is 0 Å². The number of nitrogens with one attached hydrogen (secondary N) is 2. The van der Waals surface area contributed by atoms with Crippen LogP contribution in [-0.2, 0) is 4.79 Å². The second-order valence-electron chi connectivity index (χ2n) is 5.40. The number of rotatable bonds is 3. The van der Waals surface area contributed by atoms with Crippen LogP contribution in [-0.4, -0.2) is 33.0 Å². The molecule has 0 aliphatic carbocycles. The van der Waals surface area contributed by atoms with Gasteiger partial charge in [-0.05, 0) is 17.7 Å². The number of benzene rings is 1. The van der Waals surface area contributed by atoms with Crippen molar-refractivity contribution in [2.45, 2.75) is 12.3 Å². The Balaban J connectivity index is 1.73. The van der Waals surface area contributed by atoms with Gasteiger partial charge in [-0.15, -0.1) is 0 Å². The number of carbonyl (C=O) groups excluding carboxylic acids is 1. The van der Waals surface area contributed by atoms with Crippen LogP contribution in [0.15, 0.2) is 42.9 Å². The second-order valence-corrected chi connectivity index (χ2v) is 5.40. The molecule has 0 fully saturated rings. The van der Waals surface area contributed by atoms with Crippen LogP contribution in [0.1, 0.15) is 23.5 Å². The van der Waals surface area contributed by atoms with Crippen molar-refractivity contribution < 1.29 is 9.53 Å². The number of aromatic nitrogens is 4. The summed E-state index contributed by atoms with van der Waals surface area (Å²) in [5.41, 5.74) is 2.80. The van der Waals surface area contributed by atoms with Gasteiger partial charge in [0.15, 0.2) is 0 Å². The van der Waals surface area contributed by atoms with Crippen molar-refractivity contribution in [2.24, 2.45) is 0 Å². The third-order valence-electron chi connectivity index (χ3n) is 4.03. The minimum absolute atomic E-state index is 0.0307. The lowest BCUT2D eigenvalue weighted by Gasteiger charge is -2.20. The Kier molecular flexibility index (Phi) is 3.11. The number of methoxy groups -OCH3 is 1. The Labute approximate surface area is 132 Å². The fourth-order valence-corrected chi connectivity index (χ4v) is 2.91. The van der Waals surface area contributed by atoms with Crippen molar-refractivity contribution in [1.29, 1.82) is 0 Å². The maximum atomic E-state index is 11.9. The molecule has 3 heterocycles. The molecule has 0 bridgehead atoms. The Bertz CT molecular complexity index is 867. The zero-order valence-corrected chi connectivity index (χ0v) is 12.5. The van der Waals surface area contributed by atoms with Crippen LogP contribution in [0.4, 0.5) is 5.82 Å². The first kappa shape index (κ1) is 13.6. The highest BCUT2D eigenvalue weighted by atomic mass is 16.5. The van der Waals surface area contributed by atoms with Crippen molar-refractivity contribution in [1.82, 2.24) is 20.0 Å². The maximum Gasteiger partial charge on any atom is 0.226 e. The first-order valence-corrected chi connectivity index (χ1v) is 7.27. The standard InChI is InChI=1S/C16H15N5O2/c1-23-14-5-3-2-4-13(14)21-9-10(7-18-21)11-6-15(22)19-16-12(11)8-17-20-16/h2-5,7-9,11H,6H2,1H3,(H2,17,19,20,22)/t11-/m1/s1. The van der Waals surface area contributed by atoms with E-state index in [9.17, 15) is 4.79 Å². The molecule has 23 heavy (non-hydrogen) atoms. The number of aromatic amines is 1. The number of ether oxygens (including phenoxy) is 1. The molecule has 0 saturated carbocycles. The molecule has 0 unspecified atom stereocenters. The lowest BCUT2D eigenvalue weighted by atomic mass is 9.89. The summed E-state index contributed by atoms with van der Waals surface area (Å²) in [4.78, 5) is 11.9. The highest BCUT2D eigenvalue weighted by Gasteiger charge is 2.29. The molecule has 2 aromatic heterocycles. The minimum atomic E-state index is -0.0547. The molecule has 0 saturated heterocycles. The molecule has 116 valence electrons. The van der Waals surface area contributed by atoms with Crippen LogP contribution in [0.3, 0.4) is 0 Å². The normalized spacial score (nSPS) is 16.7. The van der Waals surface area contributed by atoms with E-state index in [1.165, 1.54) is 0 Å². The smallest absolute Gasteiger partial charge is 0.226 e. The lowest BCUT2D eigenvalue weighted by Crippen LogP contribution is -2.22. The van der Waals surface area contributed by atoms with Crippen molar-refractivity contribution >= 4 is 11.7 Å². The Morgan fingerprint density at radius 1 is 1.30 bits per heavy atom. The third kappa shape index (κ3) is 2.26. The predicted molar refractivity (Wildman–Crippen MR) is 83.8 cm³/mol. The van der Waals surface area contributed by atoms with Gasteiger partial charge in [0.05, 0.1) is 19.5 Å². The van der Waals surface area contributed by atoms with Crippen LogP contribution in [0, 0.1) is 0 Å². The first-order valence-electron chi connectivity index (χ1n) is 7.27. The summed E-state index contributed by atoms with van der Waals surface area (Å²) in [7, 11) is 1.63. The van der Waals surface area contributed by atoms with E-state index in [1.54, 1.807) is 24.2 Å². The number of anilines is 1. The summed E-state index contributed by atoms with van der Waals surface area (Å²) in [6.07, 6.45) is 5.84. The molecular formula is C16H15N5O2. The second kappa shape index (κ2) is 5.28. The van der Waals surface area contributed by atoms with Crippen molar-refractivity contribution in [2.75, 3.05) is 12.4 Å². The van der Waals surface area contributed by atoms with Crippen molar-refractivity contribution in [3.05, 3.63) is 54.0 Å². The highest BCUT2D eigenvalue weighted by Crippen LogP contribution is 2.36. The van der Waals surface area contributed by atoms with Crippen LogP contribution >= 0.6 is 0 Å². The van der Waals surface area contributed by atoms with Crippen molar-refractivity contribution in [3.8, 4) is 11.4 Å². The van der Waals surface area contributed by atoms with Gasteiger partial charge in [-0.3, -0.25) is 9.89 Å². The first-order chi connectivity index (χ1) is 11.3. The quantitative estimate of drug-likeness (QED) is 0.775. The number of amides is 1. The van der Waals surface area contributed by atoms with Gasteiger partial charge in [-0.1, -0.05) is 12.1 Å². The van der Waals surface area contributed by atoms with Gasteiger partial charge in [0.2, 0.25) is 5.91 Å². The van der Waals surface area contributed by atoms with Crippen molar-refractivity contribution in [3.63, 3.8) is 0 Å². The summed E-state index contributed by atoms with van der Waals surface area (Å²) in [6, 6.07) is 7.67. The molecule has 7 heteroatoms. The zero-order valence-electron chi connectivity index (χ0n) is 12.5. The molecule has 7 nitrogen and oxygen atoms in total. The van der Waals surface area contributed by atoms with E-state index in [1.807, 2.05) is 30.5 Å². The monoisotopic (exact) mass is 309 g/mol. The van der Waals surface area contributed by atoms with Gasteiger partial charge >= 0.3 is 0 Å². The number of hydrogen-bond acceptors (Lipinski definition) is 4. The summed E-state index contributed by atoms with van der Waals surface area (Å²) in [6.45, 7) is 0. The SMILES string of the molecule is COc1ccccc1-n1cc([C@H]2CC(=O)Nc3[nH]ncc32)cn1. The van der Waals surface area contributed by atoms with Gasteiger partial charge < -0.3 is 10.1 Å².